The Morgan fingerprint density at radius 3 is 2.75 bits per heavy atom. The van der Waals surface area contributed by atoms with E-state index in [0.29, 0.717) is 12.2 Å². The van der Waals surface area contributed by atoms with Crippen LogP contribution < -0.4 is 16.0 Å². The molecule has 1 saturated heterocycles. The first-order valence-corrected chi connectivity index (χ1v) is 8.29. The van der Waals surface area contributed by atoms with Crippen LogP contribution in [0.3, 0.4) is 0 Å². The third-order valence-corrected chi connectivity index (χ3v) is 4.53. The van der Waals surface area contributed by atoms with E-state index in [0.717, 1.165) is 19.2 Å². The van der Waals surface area contributed by atoms with E-state index in [4.69, 9.17) is 5.73 Å². The second-order valence-corrected chi connectivity index (χ2v) is 7.08. The molecule has 3 N–H and O–H groups in total. The molecule has 1 unspecified atom stereocenters. The van der Waals surface area contributed by atoms with E-state index in [1.165, 1.54) is 13.0 Å². The topological polar surface area (TPSA) is 92.5 Å². The molecule has 0 saturated carbocycles. The normalized spacial score (nSPS) is 19.1. The van der Waals surface area contributed by atoms with Gasteiger partial charge in [-0.3, -0.25) is 4.79 Å². The predicted octanol–water partition coefficient (Wildman–Crippen LogP) is 0.387. The van der Waals surface area contributed by atoms with Gasteiger partial charge < -0.3 is 16.0 Å². The largest absolute Gasteiger partial charge is 0.396 e. The van der Waals surface area contributed by atoms with Gasteiger partial charge in [0, 0.05) is 32.3 Å². The zero-order valence-electron chi connectivity index (χ0n) is 11.6. The number of nitrogen functional groups attached to an aromatic ring is 1. The van der Waals surface area contributed by atoms with Gasteiger partial charge in [-0.1, -0.05) is 6.07 Å². The minimum Gasteiger partial charge on any atom is -0.396 e. The van der Waals surface area contributed by atoms with Crippen LogP contribution in [0.25, 0.3) is 0 Å². The number of hydrogen-bond donors (Lipinski definition) is 2. The highest BCUT2D eigenvalue weighted by Crippen LogP contribution is 2.31. The van der Waals surface area contributed by atoms with Crippen molar-refractivity contribution in [2.24, 2.45) is 0 Å². The van der Waals surface area contributed by atoms with Crippen LogP contribution in [0.15, 0.2) is 23.1 Å². The van der Waals surface area contributed by atoms with Crippen LogP contribution in [0.2, 0.25) is 0 Å². The number of benzene rings is 1. The first kappa shape index (κ1) is 14.6. The molecule has 6 nitrogen and oxygen atoms in total. The molecule has 1 heterocycles. The second-order valence-electron chi connectivity index (χ2n) is 5.09. The van der Waals surface area contributed by atoms with Crippen molar-refractivity contribution >= 4 is 27.1 Å². The number of rotatable bonds is 3. The number of hydrogen-bond acceptors (Lipinski definition) is 5. The van der Waals surface area contributed by atoms with E-state index in [-0.39, 0.29) is 22.5 Å². The summed E-state index contributed by atoms with van der Waals surface area (Å²) >= 11 is 0. The van der Waals surface area contributed by atoms with Crippen molar-refractivity contribution in [1.29, 1.82) is 0 Å². The number of para-hydroxylation sites is 1. The average molecular weight is 297 g/mol. The highest BCUT2D eigenvalue weighted by molar-refractivity contribution is 7.90. The number of sulfone groups is 1. The van der Waals surface area contributed by atoms with E-state index in [1.54, 1.807) is 12.1 Å². The fraction of sp³-hybridized carbons (Fsp3) is 0.462. The lowest BCUT2D eigenvalue weighted by molar-refractivity contribution is -0.119. The van der Waals surface area contributed by atoms with Crippen LogP contribution in [0.5, 0.6) is 0 Å². The highest BCUT2D eigenvalue weighted by atomic mass is 32.2. The van der Waals surface area contributed by atoms with Gasteiger partial charge in [-0.25, -0.2) is 8.42 Å². The lowest BCUT2D eigenvalue weighted by atomic mass is 10.2. The third kappa shape index (κ3) is 3.04. The molecular formula is C13H19N3O3S. The van der Waals surface area contributed by atoms with Gasteiger partial charge in [0.15, 0.2) is 9.84 Å². The summed E-state index contributed by atoms with van der Waals surface area (Å²) in [5, 5.41) is 2.87. The van der Waals surface area contributed by atoms with Gasteiger partial charge in [0.2, 0.25) is 5.91 Å². The first-order chi connectivity index (χ1) is 9.29. The quantitative estimate of drug-likeness (QED) is 0.787. The Labute approximate surface area is 118 Å². The van der Waals surface area contributed by atoms with Crippen LogP contribution in [0, 0.1) is 0 Å². The Morgan fingerprint density at radius 2 is 2.15 bits per heavy atom. The van der Waals surface area contributed by atoms with Crippen molar-refractivity contribution in [2.45, 2.75) is 24.3 Å². The van der Waals surface area contributed by atoms with Crippen molar-refractivity contribution in [3.8, 4) is 0 Å². The Hall–Kier alpha value is -1.76. The number of nitrogens with two attached hydrogens (primary N) is 1. The van der Waals surface area contributed by atoms with Crippen molar-refractivity contribution in [3.05, 3.63) is 18.2 Å². The number of anilines is 2. The van der Waals surface area contributed by atoms with Crippen LogP contribution in [-0.4, -0.2) is 39.7 Å². The first-order valence-electron chi connectivity index (χ1n) is 6.39. The monoisotopic (exact) mass is 297 g/mol. The molecule has 7 heteroatoms. The fourth-order valence-corrected chi connectivity index (χ4v) is 3.35. The predicted molar refractivity (Wildman–Crippen MR) is 78.4 cm³/mol. The summed E-state index contributed by atoms with van der Waals surface area (Å²) in [5.41, 5.74) is 6.97. The zero-order valence-corrected chi connectivity index (χ0v) is 12.4. The van der Waals surface area contributed by atoms with Gasteiger partial charge in [0.25, 0.3) is 0 Å². The van der Waals surface area contributed by atoms with Gasteiger partial charge in [0.1, 0.15) is 0 Å². The minimum absolute atomic E-state index is 0.0605. The number of nitrogens with zero attached hydrogens (tertiary/aromatic N) is 1. The maximum absolute atomic E-state index is 11.7. The summed E-state index contributed by atoms with van der Waals surface area (Å²) < 4.78 is 23.4. The summed E-state index contributed by atoms with van der Waals surface area (Å²) in [6.07, 6.45) is 1.97. The van der Waals surface area contributed by atoms with Crippen molar-refractivity contribution in [1.82, 2.24) is 5.32 Å². The Kier molecular flexibility index (Phi) is 3.89. The smallest absolute Gasteiger partial charge is 0.217 e. The Bertz CT molecular complexity index is 628. The number of carbonyl (C=O) groups is 1. The second kappa shape index (κ2) is 5.32. The van der Waals surface area contributed by atoms with Crippen LogP contribution in [-0.2, 0) is 14.6 Å². The van der Waals surface area contributed by atoms with Crippen molar-refractivity contribution < 1.29 is 13.2 Å². The molecule has 0 spiro atoms. The molecule has 0 aliphatic carbocycles. The fourth-order valence-electron chi connectivity index (χ4n) is 2.52. The van der Waals surface area contributed by atoms with Gasteiger partial charge in [-0.2, -0.15) is 0 Å². The van der Waals surface area contributed by atoms with Gasteiger partial charge in [0.05, 0.1) is 16.3 Å². The molecule has 2 rings (SSSR count). The SMILES string of the molecule is CC(=O)NC1CCN(c2cccc(S(C)(=O)=O)c2N)C1. The molecule has 0 radical (unpaired) electrons. The summed E-state index contributed by atoms with van der Waals surface area (Å²) in [5.74, 6) is -0.0605. The standard InChI is InChI=1S/C13H19N3O3S/c1-9(17)15-10-6-7-16(8-10)11-4-3-5-12(13(11)14)20(2,18)19/h3-5,10H,6-8,14H2,1-2H3,(H,15,17). The average Bonchev–Trinajstić information content (AvgIpc) is 2.75. The summed E-state index contributed by atoms with van der Waals surface area (Å²) in [6, 6.07) is 5.08. The lowest BCUT2D eigenvalue weighted by Crippen LogP contribution is -2.35. The maximum Gasteiger partial charge on any atom is 0.217 e. The van der Waals surface area contributed by atoms with E-state index in [2.05, 4.69) is 5.32 Å². The molecule has 1 aliphatic heterocycles. The molecule has 20 heavy (non-hydrogen) atoms. The van der Waals surface area contributed by atoms with E-state index < -0.39 is 9.84 Å². The zero-order chi connectivity index (χ0) is 14.9. The molecule has 1 aliphatic rings. The molecule has 0 aromatic heterocycles. The molecule has 1 fully saturated rings. The van der Waals surface area contributed by atoms with Crippen LogP contribution in [0.1, 0.15) is 13.3 Å². The molecular weight excluding hydrogens is 278 g/mol. The van der Waals surface area contributed by atoms with Gasteiger partial charge in [-0.05, 0) is 18.6 Å². The number of nitrogens with one attached hydrogen (secondary N) is 1. The van der Waals surface area contributed by atoms with E-state index in [9.17, 15) is 13.2 Å². The van der Waals surface area contributed by atoms with Crippen LogP contribution >= 0.6 is 0 Å². The Morgan fingerprint density at radius 1 is 1.45 bits per heavy atom. The number of carbonyl (C=O) groups excluding carboxylic acids is 1. The summed E-state index contributed by atoms with van der Waals surface area (Å²) in [7, 11) is -3.34. The van der Waals surface area contributed by atoms with Gasteiger partial charge in [-0.15, -0.1) is 0 Å². The highest BCUT2D eigenvalue weighted by Gasteiger charge is 2.26. The van der Waals surface area contributed by atoms with Crippen molar-refractivity contribution in [2.75, 3.05) is 30.0 Å². The number of amides is 1. The molecule has 1 aromatic rings. The molecule has 110 valence electrons. The maximum atomic E-state index is 11.7. The van der Waals surface area contributed by atoms with E-state index >= 15 is 0 Å². The molecule has 1 aromatic carbocycles. The van der Waals surface area contributed by atoms with E-state index in [1.807, 2.05) is 4.90 Å². The van der Waals surface area contributed by atoms with Gasteiger partial charge >= 0.3 is 0 Å². The third-order valence-electron chi connectivity index (χ3n) is 3.38. The Balaban J connectivity index is 2.25. The molecule has 1 atom stereocenters. The molecule has 0 bridgehead atoms. The minimum atomic E-state index is -3.34. The summed E-state index contributed by atoms with van der Waals surface area (Å²) in [6.45, 7) is 2.86. The van der Waals surface area contributed by atoms with Crippen LogP contribution in [0.4, 0.5) is 11.4 Å². The molecule has 1 amide bonds. The summed E-state index contributed by atoms with van der Waals surface area (Å²) in [4.78, 5) is 13.2. The van der Waals surface area contributed by atoms with Crippen molar-refractivity contribution in [3.63, 3.8) is 0 Å². The lowest BCUT2D eigenvalue weighted by Gasteiger charge is -2.21.